The topological polar surface area (TPSA) is 89.2 Å². The number of phenolic OH excluding ortho intramolecular Hbond substituents is 1. The Morgan fingerprint density at radius 2 is 2.05 bits per heavy atom. The van der Waals surface area contributed by atoms with E-state index in [1.54, 1.807) is 24.3 Å². The molecule has 2 rings (SSSR count). The standard InChI is InChI=1S/C15H14ClN3O2/c16-14-6-11(7-17)8-18-15(14)19-12(9-20)5-10-1-3-13(21)4-2-10/h1-4,6,8,12,20-21H,5,9H2,(H,18,19)/t12-/m0/s1. The number of aromatic nitrogens is 1. The minimum atomic E-state index is -0.271. The summed E-state index contributed by atoms with van der Waals surface area (Å²) < 4.78 is 0. The monoisotopic (exact) mass is 303 g/mol. The van der Waals surface area contributed by atoms with E-state index in [2.05, 4.69) is 10.3 Å². The molecular weight excluding hydrogens is 290 g/mol. The summed E-state index contributed by atoms with van der Waals surface area (Å²) >= 11 is 6.04. The first kappa shape index (κ1) is 15.1. The largest absolute Gasteiger partial charge is 0.508 e. The third-order valence-electron chi connectivity index (χ3n) is 2.95. The second-order valence-corrected chi connectivity index (χ2v) is 4.97. The fraction of sp³-hybridized carbons (Fsp3) is 0.200. The Bertz CT molecular complexity index is 653. The third-order valence-corrected chi connectivity index (χ3v) is 3.24. The van der Waals surface area contributed by atoms with Crippen molar-refractivity contribution in [1.29, 1.82) is 5.26 Å². The molecule has 5 nitrogen and oxygen atoms in total. The average Bonchev–Trinajstić information content (AvgIpc) is 2.50. The van der Waals surface area contributed by atoms with E-state index in [-0.39, 0.29) is 18.4 Å². The molecule has 21 heavy (non-hydrogen) atoms. The van der Waals surface area contributed by atoms with Crippen LogP contribution in [0.4, 0.5) is 5.82 Å². The molecule has 0 aliphatic rings. The number of hydrogen-bond donors (Lipinski definition) is 3. The van der Waals surface area contributed by atoms with Crippen LogP contribution in [0.3, 0.4) is 0 Å². The van der Waals surface area contributed by atoms with Crippen LogP contribution in [0.25, 0.3) is 0 Å². The van der Waals surface area contributed by atoms with Crippen LogP contribution in [0.15, 0.2) is 36.5 Å². The lowest BCUT2D eigenvalue weighted by molar-refractivity contribution is 0.273. The molecule has 0 aliphatic heterocycles. The van der Waals surface area contributed by atoms with Gasteiger partial charge in [-0.1, -0.05) is 23.7 Å². The van der Waals surface area contributed by atoms with E-state index in [0.29, 0.717) is 22.8 Å². The number of nitrogens with zero attached hydrogens (tertiary/aromatic N) is 2. The number of benzene rings is 1. The minimum Gasteiger partial charge on any atom is -0.508 e. The summed E-state index contributed by atoms with van der Waals surface area (Å²) in [5.74, 6) is 0.623. The van der Waals surface area contributed by atoms with Crippen LogP contribution in [0, 0.1) is 11.3 Å². The van der Waals surface area contributed by atoms with Gasteiger partial charge in [-0.05, 0) is 30.2 Å². The van der Waals surface area contributed by atoms with Gasteiger partial charge in [0.2, 0.25) is 0 Å². The molecule has 0 saturated heterocycles. The molecule has 2 aromatic rings. The quantitative estimate of drug-likeness (QED) is 0.789. The Morgan fingerprint density at radius 1 is 1.33 bits per heavy atom. The summed E-state index contributed by atoms with van der Waals surface area (Å²) in [4.78, 5) is 4.08. The molecule has 0 spiro atoms. The van der Waals surface area contributed by atoms with Gasteiger partial charge in [0.15, 0.2) is 0 Å². The molecule has 1 atom stereocenters. The van der Waals surface area contributed by atoms with Gasteiger partial charge in [0.1, 0.15) is 17.6 Å². The molecule has 0 fully saturated rings. The second kappa shape index (κ2) is 6.93. The van der Waals surface area contributed by atoms with Crippen LogP contribution in [-0.2, 0) is 6.42 Å². The van der Waals surface area contributed by atoms with Crippen molar-refractivity contribution in [3.05, 3.63) is 52.7 Å². The fourth-order valence-corrected chi connectivity index (χ4v) is 2.10. The van der Waals surface area contributed by atoms with Gasteiger partial charge in [-0.25, -0.2) is 4.98 Å². The van der Waals surface area contributed by atoms with E-state index in [1.807, 2.05) is 6.07 Å². The van der Waals surface area contributed by atoms with E-state index >= 15 is 0 Å². The lowest BCUT2D eigenvalue weighted by Gasteiger charge is -2.18. The predicted molar refractivity (Wildman–Crippen MR) is 80.3 cm³/mol. The highest BCUT2D eigenvalue weighted by atomic mass is 35.5. The summed E-state index contributed by atoms with van der Waals surface area (Å²) in [6.45, 7) is -0.0983. The van der Waals surface area contributed by atoms with E-state index in [9.17, 15) is 10.2 Å². The molecule has 0 saturated carbocycles. The van der Waals surface area contributed by atoms with Crippen LogP contribution in [-0.4, -0.2) is 27.8 Å². The van der Waals surface area contributed by atoms with E-state index in [1.165, 1.54) is 12.3 Å². The molecule has 0 aliphatic carbocycles. The molecule has 0 unspecified atom stereocenters. The lowest BCUT2D eigenvalue weighted by Crippen LogP contribution is -2.27. The summed E-state index contributed by atoms with van der Waals surface area (Å²) in [6, 6.07) is 9.97. The van der Waals surface area contributed by atoms with E-state index in [0.717, 1.165) is 5.56 Å². The van der Waals surface area contributed by atoms with Crippen molar-refractivity contribution in [2.24, 2.45) is 0 Å². The highest BCUT2D eigenvalue weighted by Gasteiger charge is 2.12. The Morgan fingerprint density at radius 3 is 2.62 bits per heavy atom. The van der Waals surface area contributed by atoms with Gasteiger partial charge < -0.3 is 15.5 Å². The normalized spacial score (nSPS) is 11.7. The van der Waals surface area contributed by atoms with Crippen LogP contribution in [0.5, 0.6) is 5.75 Å². The number of halogens is 1. The van der Waals surface area contributed by atoms with Crippen LogP contribution in [0.1, 0.15) is 11.1 Å². The van der Waals surface area contributed by atoms with E-state index in [4.69, 9.17) is 16.9 Å². The molecular formula is C15H14ClN3O2. The highest BCUT2D eigenvalue weighted by molar-refractivity contribution is 6.33. The zero-order valence-corrected chi connectivity index (χ0v) is 11.9. The van der Waals surface area contributed by atoms with Crippen molar-refractivity contribution >= 4 is 17.4 Å². The van der Waals surface area contributed by atoms with Gasteiger partial charge in [0.25, 0.3) is 0 Å². The molecule has 0 amide bonds. The van der Waals surface area contributed by atoms with E-state index < -0.39 is 0 Å². The third kappa shape index (κ3) is 4.09. The maximum absolute atomic E-state index is 9.46. The molecule has 3 N–H and O–H groups in total. The maximum atomic E-state index is 9.46. The molecule has 1 aromatic carbocycles. The van der Waals surface area contributed by atoms with Crippen LogP contribution >= 0.6 is 11.6 Å². The molecule has 6 heteroatoms. The Hall–Kier alpha value is -2.29. The summed E-state index contributed by atoms with van der Waals surface area (Å²) in [5.41, 5.74) is 1.34. The number of aromatic hydroxyl groups is 1. The molecule has 1 heterocycles. The van der Waals surface area contributed by atoms with Gasteiger partial charge in [0, 0.05) is 6.20 Å². The first-order valence-electron chi connectivity index (χ1n) is 6.33. The smallest absolute Gasteiger partial charge is 0.145 e. The van der Waals surface area contributed by atoms with Crippen molar-refractivity contribution < 1.29 is 10.2 Å². The number of rotatable bonds is 5. The van der Waals surface area contributed by atoms with Crippen molar-refractivity contribution in [2.75, 3.05) is 11.9 Å². The molecule has 0 radical (unpaired) electrons. The average molecular weight is 304 g/mol. The summed E-state index contributed by atoms with van der Waals surface area (Å²) in [5, 5.41) is 30.9. The van der Waals surface area contributed by atoms with Gasteiger partial charge in [-0.3, -0.25) is 0 Å². The highest BCUT2D eigenvalue weighted by Crippen LogP contribution is 2.21. The maximum Gasteiger partial charge on any atom is 0.145 e. The van der Waals surface area contributed by atoms with Crippen molar-refractivity contribution in [3.8, 4) is 11.8 Å². The number of nitrogens with one attached hydrogen (secondary N) is 1. The Labute approximate surface area is 127 Å². The molecule has 108 valence electrons. The van der Waals surface area contributed by atoms with Crippen molar-refractivity contribution in [2.45, 2.75) is 12.5 Å². The zero-order chi connectivity index (χ0) is 15.2. The van der Waals surface area contributed by atoms with Gasteiger partial charge in [0.05, 0.1) is 23.2 Å². The number of anilines is 1. The lowest BCUT2D eigenvalue weighted by atomic mass is 10.1. The number of aliphatic hydroxyl groups is 1. The first-order valence-corrected chi connectivity index (χ1v) is 6.71. The number of hydrogen-bond acceptors (Lipinski definition) is 5. The fourth-order valence-electron chi connectivity index (χ4n) is 1.88. The molecule has 1 aromatic heterocycles. The van der Waals surface area contributed by atoms with Crippen LogP contribution in [0.2, 0.25) is 5.02 Å². The number of aliphatic hydroxyl groups excluding tert-OH is 1. The molecule has 0 bridgehead atoms. The minimum absolute atomic E-state index is 0.0983. The van der Waals surface area contributed by atoms with Gasteiger partial charge in [-0.15, -0.1) is 0 Å². The van der Waals surface area contributed by atoms with Crippen molar-refractivity contribution in [3.63, 3.8) is 0 Å². The Kier molecular flexibility index (Phi) is 4.99. The number of phenols is 1. The zero-order valence-electron chi connectivity index (χ0n) is 11.1. The Balaban J connectivity index is 2.08. The SMILES string of the molecule is N#Cc1cnc(N[C@H](CO)Cc2ccc(O)cc2)c(Cl)c1. The summed E-state index contributed by atoms with van der Waals surface area (Å²) in [7, 11) is 0. The number of pyridine rings is 1. The summed E-state index contributed by atoms with van der Waals surface area (Å²) in [6.07, 6.45) is 1.97. The van der Waals surface area contributed by atoms with Crippen LogP contribution < -0.4 is 5.32 Å². The number of nitriles is 1. The van der Waals surface area contributed by atoms with Gasteiger partial charge >= 0.3 is 0 Å². The van der Waals surface area contributed by atoms with Crippen molar-refractivity contribution in [1.82, 2.24) is 4.98 Å². The predicted octanol–water partition coefficient (Wildman–Crippen LogP) is 2.33. The van der Waals surface area contributed by atoms with Gasteiger partial charge in [-0.2, -0.15) is 5.26 Å². The second-order valence-electron chi connectivity index (χ2n) is 4.56. The first-order chi connectivity index (χ1) is 10.1.